The number of pyridine rings is 1. The molecular formula is C56H67FN6O6Si. The summed E-state index contributed by atoms with van der Waals surface area (Å²) >= 11 is 0. The molecule has 5 aliphatic rings. The van der Waals surface area contributed by atoms with E-state index in [0.29, 0.717) is 48.8 Å². The minimum absolute atomic E-state index is 0.0412. The van der Waals surface area contributed by atoms with Gasteiger partial charge in [0.25, 0.3) is 8.32 Å². The van der Waals surface area contributed by atoms with Gasteiger partial charge in [0, 0.05) is 44.0 Å². The van der Waals surface area contributed by atoms with Gasteiger partial charge in [-0.15, -0.1) is 0 Å². The van der Waals surface area contributed by atoms with Gasteiger partial charge in [0.2, 0.25) is 0 Å². The Labute approximate surface area is 412 Å². The van der Waals surface area contributed by atoms with Crippen LogP contribution in [-0.4, -0.2) is 115 Å². The molecule has 0 spiro atoms. The number of hydrogen-bond donors (Lipinski definition) is 0. The van der Waals surface area contributed by atoms with Crippen molar-refractivity contribution in [3.05, 3.63) is 109 Å². The second-order valence-electron chi connectivity index (χ2n) is 21.8. The number of aromatic nitrogens is 3. The average Bonchev–Trinajstić information content (AvgIpc) is 3.75. The smallest absolute Gasteiger partial charge is 0.410 e. The zero-order valence-corrected chi connectivity index (χ0v) is 42.8. The van der Waals surface area contributed by atoms with Crippen LogP contribution in [0.1, 0.15) is 86.5 Å². The highest BCUT2D eigenvalue weighted by Gasteiger charge is 2.54. The number of amides is 1. The van der Waals surface area contributed by atoms with Crippen LogP contribution in [0.15, 0.2) is 103 Å². The Morgan fingerprint density at radius 2 is 1.53 bits per heavy atom. The number of carbonyl (C=O) groups is 1. The Bertz CT molecular complexity index is 2800. The first-order chi connectivity index (χ1) is 33.7. The first-order valence-corrected chi connectivity index (χ1v) is 27.0. The van der Waals surface area contributed by atoms with Crippen molar-refractivity contribution >= 4 is 52.3 Å². The first-order valence-electron chi connectivity index (χ1n) is 25.1. The van der Waals surface area contributed by atoms with Crippen LogP contribution in [0.3, 0.4) is 0 Å². The molecule has 0 saturated carbocycles. The standard InChI is InChI=1S/C56H67FN6O6Si/c1-54(2,3)69-53(64)62-34-39-19-16-20-40(62)33-61(39)51-47-32-58-49(46-31-42(67-37-65-7)30-38-18-14-15-25-45(38)46)48(57)50(47)59-52(60-51)66-36-56-27-17-29-63(56)41(26-28-56)35-68-70(55(4,5)6,43-21-10-8-11-22-43)44-23-12-9-13-24-44/h8-15,18,21-25,30-32,39-41H,16-17,19-20,26-29,33-37H2,1-7H3/t39?,40?,41-,56-/m1/s1. The number of nitrogens with zero attached hydrogens (tertiary/aromatic N) is 6. The summed E-state index contributed by atoms with van der Waals surface area (Å²) in [6.45, 7) is 15.6. The molecule has 2 bridgehead atoms. The molecule has 7 heterocycles. The summed E-state index contributed by atoms with van der Waals surface area (Å²) in [6, 6.07) is 33.3. The van der Waals surface area contributed by atoms with E-state index >= 15 is 4.39 Å². The molecule has 2 aromatic heterocycles. The zero-order valence-electron chi connectivity index (χ0n) is 41.8. The minimum Gasteiger partial charge on any atom is -0.468 e. The third kappa shape index (κ3) is 9.01. The van der Waals surface area contributed by atoms with Crippen LogP contribution >= 0.6 is 0 Å². The molecule has 5 fully saturated rings. The van der Waals surface area contributed by atoms with Crippen molar-refractivity contribution in [3.63, 3.8) is 0 Å². The molecule has 11 rings (SSSR count). The van der Waals surface area contributed by atoms with E-state index in [1.165, 1.54) is 10.4 Å². The summed E-state index contributed by atoms with van der Waals surface area (Å²) < 4.78 is 49.1. The molecule has 4 atom stereocenters. The summed E-state index contributed by atoms with van der Waals surface area (Å²) in [6.07, 6.45) is 7.90. The van der Waals surface area contributed by atoms with Crippen LogP contribution in [0.5, 0.6) is 11.8 Å². The van der Waals surface area contributed by atoms with Crippen LogP contribution in [0.4, 0.5) is 15.0 Å². The van der Waals surface area contributed by atoms with E-state index in [-0.39, 0.29) is 58.8 Å². The molecule has 2 unspecified atom stereocenters. The average molecular weight is 967 g/mol. The lowest BCUT2D eigenvalue weighted by Gasteiger charge is -2.44. The Morgan fingerprint density at radius 3 is 2.24 bits per heavy atom. The second-order valence-corrected chi connectivity index (χ2v) is 26.1. The highest BCUT2D eigenvalue weighted by molar-refractivity contribution is 6.99. The van der Waals surface area contributed by atoms with Crippen molar-refractivity contribution in [1.29, 1.82) is 0 Å². The Morgan fingerprint density at radius 1 is 0.814 bits per heavy atom. The van der Waals surface area contributed by atoms with Gasteiger partial charge in [0.05, 0.1) is 23.6 Å². The van der Waals surface area contributed by atoms with Gasteiger partial charge in [0.1, 0.15) is 35.0 Å². The highest BCUT2D eigenvalue weighted by Crippen LogP contribution is 2.45. The van der Waals surface area contributed by atoms with Gasteiger partial charge in [-0.3, -0.25) is 9.88 Å². The summed E-state index contributed by atoms with van der Waals surface area (Å²) in [5.74, 6) is 0.522. The highest BCUT2D eigenvalue weighted by atomic mass is 28.4. The van der Waals surface area contributed by atoms with Crippen molar-refractivity contribution in [3.8, 4) is 23.0 Å². The van der Waals surface area contributed by atoms with Crippen molar-refractivity contribution in [2.45, 2.75) is 121 Å². The van der Waals surface area contributed by atoms with Crippen LogP contribution < -0.4 is 24.7 Å². The molecular weight excluding hydrogens is 900 g/mol. The number of piperazine rings is 1. The molecule has 70 heavy (non-hydrogen) atoms. The molecule has 1 amide bonds. The predicted molar refractivity (Wildman–Crippen MR) is 275 cm³/mol. The van der Waals surface area contributed by atoms with Crippen LogP contribution in [0.2, 0.25) is 5.04 Å². The maximum absolute atomic E-state index is 17.7. The SMILES string of the molecule is COCOc1cc(-c2ncc3c(N4CC5CCCC4CN5C(=O)OC(C)(C)C)nc(OC[C@]45CCCN4[C@@H](CO[Si](c4ccccc4)(c4ccccc4)C(C)(C)C)CC5)nc3c2F)c2ccccc2c1. The lowest BCUT2D eigenvalue weighted by molar-refractivity contribution is 0.0123. The summed E-state index contributed by atoms with van der Waals surface area (Å²) in [5.41, 5.74) is -0.0216. The van der Waals surface area contributed by atoms with Crippen LogP contribution in [0.25, 0.3) is 32.9 Å². The van der Waals surface area contributed by atoms with Crippen molar-refractivity contribution in [1.82, 2.24) is 24.8 Å². The molecule has 5 saturated heterocycles. The van der Waals surface area contributed by atoms with E-state index in [2.05, 4.69) is 91.2 Å². The first kappa shape index (κ1) is 48.0. The molecule has 5 aliphatic heterocycles. The van der Waals surface area contributed by atoms with E-state index < -0.39 is 19.7 Å². The zero-order chi connectivity index (χ0) is 48.8. The van der Waals surface area contributed by atoms with Gasteiger partial charge in [-0.05, 0) is 111 Å². The van der Waals surface area contributed by atoms with Gasteiger partial charge >= 0.3 is 12.1 Å². The maximum atomic E-state index is 17.7. The monoisotopic (exact) mass is 966 g/mol. The second kappa shape index (κ2) is 19.2. The summed E-state index contributed by atoms with van der Waals surface area (Å²) in [5, 5.41) is 4.60. The van der Waals surface area contributed by atoms with Crippen LogP contribution in [-0.2, 0) is 13.9 Å². The lowest BCUT2D eigenvalue weighted by atomic mass is 9.95. The fraction of sp³-hybridized carbons (Fsp3) is 0.464. The molecule has 12 nitrogen and oxygen atoms in total. The van der Waals surface area contributed by atoms with Gasteiger partial charge in [0.15, 0.2) is 12.6 Å². The summed E-state index contributed by atoms with van der Waals surface area (Å²) in [4.78, 5) is 35.3. The number of benzene rings is 4. The van der Waals surface area contributed by atoms with E-state index in [9.17, 15) is 4.79 Å². The number of halogens is 1. The van der Waals surface area contributed by atoms with E-state index in [1.807, 2.05) is 56.0 Å². The quantitative estimate of drug-likeness (QED) is 0.0815. The number of rotatable bonds is 13. The summed E-state index contributed by atoms with van der Waals surface area (Å²) in [7, 11) is -1.19. The number of hydrogen-bond acceptors (Lipinski definition) is 11. The fourth-order valence-corrected chi connectivity index (χ4v) is 16.6. The molecule has 0 aliphatic carbocycles. The Hall–Kier alpha value is -5.67. The van der Waals surface area contributed by atoms with E-state index in [0.717, 1.165) is 62.3 Å². The molecule has 368 valence electrons. The molecule has 4 aromatic carbocycles. The number of carbonyl (C=O) groups excluding carboxylic acids is 1. The van der Waals surface area contributed by atoms with Crippen LogP contribution in [0, 0.1) is 5.82 Å². The minimum atomic E-state index is -2.76. The predicted octanol–water partition coefficient (Wildman–Crippen LogP) is 9.90. The third-order valence-electron chi connectivity index (χ3n) is 15.2. The normalized spacial score (nSPS) is 21.9. The van der Waals surface area contributed by atoms with E-state index in [1.54, 1.807) is 19.4 Å². The maximum Gasteiger partial charge on any atom is 0.410 e. The number of fused-ring (bicyclic) bond motifs is 7. The van der Waals surface area contributed by atoms with Crippen molar-refractivity contribution in [2.75, 3.05) is 51.7 Å². The third-order valence-corrected chi connectivity index (χ3v) is 20.2. The number of anilines is 1. The van der Waals surface area contributed by atoms with Gasteiger partial charge in [-0.25, -0.2) is 9.18 Å². The molecule has 0 N–H and O–H groups in total. The number of ether oxygens (including phenoxy) is 4. The van der Waals surface area contributed by atoms with Gasteiger partial charge in [-0.1, -0.05) is 106 Å². The molecule has 0 radical (unpaired) electrons. The van der Waals surface area contributed by atoms with Gasteiger partial charge < -0.3 is 33.2 Å². The lowest BCUT2D eigenvalue weighted by Crippen LogP contribution is -2.67. The Balaban J connectivity index is 0.995. The van der Waals surface area contributed by atoms with Crippen molar-refractivity contribution in [2.24, 2.45) is 0 Å². The Kier molecular flexibility index (Phi) is 13.1. The molecule has 14 heteroatoms. The fourth-order valence-electron chi connectivity index (χ4n) is 12.0. The van der Waals surface area contributed by atoms with Gasteiger partial charge in [-0.2, -0.15) is 9.97 Å². The number of methoxy groups -OCH3 is 1. The topological polar surface area (TPSA) is 112 Å². The molecule has 6 aromatic rings. The largest absolute Gasteiger partial charge is 0.468 e. The van der Waals surface area contributed by atoms with Crippen molar-refractivity contribution < 1.29 is 32.6 Å². The van der Waals surface area contributed by atoms with E-state index in [4.69, 9.17) is 38.3 Å².